The lowest BCUT2D eigenvalue weighted by Crippen LogP contribution is -1.95. The van der Waals surface area contributed by atoms with E-state index >= 15 is 0 Å². The van der Waals surface area contributed by atoms with Crippen LogP contribution in [0.15, 0.2) is 223 Å². The molecular formula is C48H39BrN2. The minimum absolute atomic E-state index is 0.828. The van der Waals surface area contributed by atoms with Crippen LogP contribution in [-0.2, 0) is 0 Å². The molecule has 0 aromatic heterocycles. The zero-order valence-corrected chi connectivity index (χ0v) is 29.8. The SMILES string of the molecule is Brc1ccccc1-c1ccccc1.Nc1ccccc1-c1ccccc1.c1ccc(-c2ccccc2Nc2ccccc2-c2ccccc2)cc1. The lowest BCUT2D eigenvalue weighted by Gasteiger charge is -2.15. The number of hydrogen-bond donors (Lipinski definition) is 2. The number of nitrogens with one attached hydrogen (secondary N) is 1. The van der Waals surface area contributed by atoms with Crippen LogP contribution in [0.2, 0.25) is 0 Å². The second-order valence-electron chi connectivity index (χ2n) is 11.7. The van der Waals surface area contributed by atoms with Gasteiger partial charge >= 0.3 is 0 Å². The number of nitrogens with two attached hydrogens (primary N) is 1. The Kier molecular flexibility index (Phi) is 12.3. The molecule has 0 saturated carbocycles. The van der Waals surface area contributed by atoms with Gasteiger partial charge in [0.15, 0.2) is 0 Å². The van der Waals surface area contributed by atoms with Crippen molar-refractivity contribution in [2.75, 3.05) is 11.1 Å². The number of nitrogen functional groups attached to an aromatic ring is 1. The molecule has 3 N–H and O–H groups in total. The summed E-state index contributed by atoms with van der Waals surface area (Å²) in [6.45, 7) is 0. The number of halogens is 1. The lowest BCUT2D eigenvalue weighted by atomic mass is 10.0. The van der Waals surface area contributed by atoms with Crippen molar-refractivity contribution in [3.05, 3.63) is 223 Å². The molecule has 0 bridgehead atoms. The van der Waals surface area contributed by atoms with Crippen LogP contribution in [0.3, 0.4) is 0 Å². The van der Waals surface area contributed by atoms with E-state index in [1.165, 1.54) is 38.9 Å². The molecule has 0 aliphatic carbocycles. The van der Waals surface area contributed by atoms with Crippen molar-refractivity contribution in [1.82, 2.24) is 0 Å². The van der Waals surface area contributed by atoms with Crippen molar-refractivity contribution in [3.8, 4) is 44.5 Å². The third-order valence-corrected chi connectivity index (χ3v) is 8.99. The Morgan fingerprint density at radius 2 is 0.588 bits per heavy atom. The van der Waals surface area contributed by atoms with Gasteiger partial charge in [-0.25, -0.2) is 0 Å². The van der Waals surface area contributed by atoms with E-state index in [9.17, 15) is 0 Å². The maximum Gasteiger partial charge on any atom is 0.0464 e. The number of benzene rings is 8. The minimum Gasteiger partial charge on any atom is -0.398 e. The first-order chi connectivity index (χ1) is 25.2. The number of para-hydroxylation sites is 3. The average Bonchev–Trinajstić information content (AvgIpc) is 3.21. The largest absolute Gasteiger partial charge is 0.398 e. The molecule has 8 aromatic rings. The maximum absolute atomic E-state index is 5.85. The summed E-state index contributed by atoms with van der Waals surface area (Å²) in [7, 11) is 0. The van der Waals surface area contributed by atoms with Gasteiger partial charge in [-0.05, 0) is 52.1 Å². The second-order valence-corrected chi connectivity index (χ2v) is 12.6. The van der Waals surface area contributed by atoms with E-state index < -0.39 is 0 Å². The molecule has 3 heteroatoms. The molecule has 0 aliphatic heterocycles. The second kappa shape index (κ2) is 18.0. The van der Waals surface area contributed by atoms with Crippen molar-refractivity contribution >= 4 is 33.0 Å². The third kappa shape index (κ3) is 9.51. The smallest absolute Gasteiger partial charge is 0.0464 e. The summed E-state index contributed by atoms with van der Waals surface area (Å²) >= 11 is 3.53. The van der Waals surface area contributed by atoms with Crippen LogP contribution >= 0.6 is 15.9 Å². The monoisotopic (exact) mass is 722 g/mol. The quantitative estimate of drug-likeness (QED) is 0.168. The molecule has 0 aliphatic rings. The van der Waals surface area contributed by atoms with Crippen LogP contribution in [-0.4, -0.2) is 0 Å². The zero-order chi connectivity index (χ0) is 35.1. The van der Waals surface area contributed by atoms with E-state index in [1.54, 1.807) is 0 Å². The molecule has 0 atom stereocenters. The molecule has 8 aromatic carbocycles. The summed E-state index contributed by atoms with van der Waals surface area (Å²) in [5.74, 6) is 0. The van der Waals surface area contributed by atoms with E-state index in [2.05, 4.69) is 167 Å². The normalized spacial score (nSPS) is 10.1. The van der Waals surface area contributed by atoms with Gasteiger partial charge in [-0.15, -0.1) is 0 Å². The van der Waals surface area contributed by atoms with Gasteiger partial charge in [0.1, 0.15) is 0 Å². The summed E-state index contributed by atoms with van der Waals surface area (Å²) < 4.78 is 1.14. The molecule has 2 nitrogen and oxygen atoms in total. The van der Waals surface area contributed by atoms with Crippen LogP contribution < -0.4 is 11.1 Å². The fraction of sp³-hybridized carbons (Fsp3) is 0. The summed E-state index contributed by atoms with van der Waals surface area (Å²) in [5, 5.41) is 3.64. The van der Waals surface area contributed by atoms with Gasteiger partial charge < -0.3 is 11.1 Å². The van der Waals surface area contributed by atoms with E-state index in [0.717, 1.165) is 27.1 Å². The minimum atomic E-state index is 0.828. The first-order valence-electron chi connectivity index (χ1n) is 16.9. The third-order valence-electron chi connectivity index (χ3n) is 8.30. The molecule has 0 spiro atoms. The highest BCUT2D eigenvalue weighted by Gasteiger charge is 2.08. The Labute approximate surface area is 310 Å². The summed E-state index contributed by atoms with van der Waals surface area (Å²) in [6.07, 6.45) is 0. The van der Waals surface area contributed by atoms with Gasteiger partial charge in [0.25, 0.3) is 0 Å². The Bertz CT molecular complexity index is 2070. The van der Waals surface area contributed by atoms with Crippen molar-refractivity contribution in [3.63, 3.8) is 0 Å². The first-order valence-corrected chi connectivity index (χ1v) is 17.7. The molecule has 0 unspecified atom stereocenters. The summed E-state index contributed by atoms with van der Waals surface area (Å²) in [4.78, 5) is 0. The highest BCUT2D eigenvalue weighted by atomic mass is 79.9. The molecule has 0 saturated heterocycles. The molecule has 0 radical (unpaired) electrons. The molecule has 0 amide bonds. The van der Waals surface area contributed by atoms with Gasteiger partial charge in [-0.1, -0.05) is 210 Å². The average molecular weight is 724 g/mol. The Morgan fingerprint density at radius 3 is 1.00 bits per heavy atom. The number of hydrogen-bond acceptors (Lipinski definition) is 2. The van der Waals surface area contributed by atoms with Crippen molar-refractivity contribution in [1.29, 1.82) is 0 Å². The molecular weight excluding hydrogens is 684 g/mol. The topological polar surface area (TPSA) is 38.0 Å². The standard InChI is InChI=1S/C24H19N.C12H9Br.C12H11N/c1-3-11-19(12-4-1)21-15-7-9-17-23(21)25-24-18-10-8-16-22(24)20-13-5-2-6-14-20;2*13-12-9-5-4-8-11(12)10-6-2-1-3-7-10/h1-18,25H;1-9H;1-9H,13H2. The highest BCUT2D eigenvalue weighted by Crippen LogP contribution is 2.34. The zero-order valence-electron chi connectivity index (χ0n) is 28.2. The first kappa shape index (κ1) is 34.7. The van der Waals surface area contributed by atoms with Crippen molar-refractivity contribution < 1.29 is 0 Å². The number of rotatable bonds is 6. The number of anilines is 3. The molecule has 0 heterocycles. The van der Waals surface area contributed by atoms with Crippen LogP contribution in [0.1, 0.15) is 0 Å². The molecule has 51 heavy (non-hydrogen) atoms. The summed E-state index contributed by atoms with van der Waals surface area (Å²) in [5.41, 5.74) is 18.5. The predicted octanol–water partition coefficient (Wildman–Crippen LogP) is 13.8. The van der Waals surface area contributed by atoms with Crippen molar-refractivity contribution in [2.45, 2.75) is 0 Å². The van der Waals surface area contributed by atoms with Crippen LogP contribution in [0.25, 0.3) is 44.5 Å². The van der Waals surface area contributed by atoms with Crippen LogP contribution in [0, 0.1) is 0 Å². The molecule has 0 fully saturated rings. The van der Waals surface area contributed by atoms with Gasteiger partial charge in [0.2, 0.25) is 0 Å². The Morgan fingerprint density at radius 1 is 0.294 bits per heavy atom. The Balaban J connectivity index is 0.000000145. The van der Waals surface area contributed by atoms with E-state index in [1.807, 2.05) is 72.8 Å². The van der Waals surface area contributed by atoms with Crippen molar-refractivity contribution in [2.24, 2.45) is 0 Å². The van der Waals surface area contributed by atoms with Gasteiger partial charge in [0.05, 0.1) is 0 Å². The fourth-order valence-electron chi connectivity index (χ4n) is 5.76. The maximum atomic E-state index is 5.85. The van der Waals surface area contributed by atoms with E-state index in [0.29, 0.717) is 0 Å². The van der Waals surface area contributed by atoms with Crippen LogP contribution in [0.5, 0.6) is 0 Å². The molecule has 248 valence electrons. The van der Waals surface area contributed by atoms with E-state index in [4.69, 9.17) is 5.73 Å². The fourth-order valence-corrected chi connectivity index (χ4v) is 6.27. The highest BCUT2D eigenvalue weighted by molar-refractivity contribution is 9.10. The van der Waals surface area contributed by atoms with Gasteiger partial charge in [0, 0.05) is 38.2 Å². The summed E-state index contributed by atoms with van der Waals surface area (Å²) in [6, 6.07) is 74.5. The van der Waals surface area contributed by atoms with Gasteiger partial charge in [-0.2, -0.15) is 0 Å². The molecule has 8 rings (SSSR count). The van der Waals surface area contributed by atoms with Gasteiger partial charge in [-0.3, -0.25) is 0 Å². The Hall–Kier alpha value is -6.16. The predicted molar refractivity (Wildman–Crippen MR) is 223 cm³/mol. The van der Waals surface area contributed by atoms with Crippen LogP contribution in [0.4, 0.5) is 17.1 Å². The van der Waals surface area contributed by atoms with E-state index in [-0.39, 0.29) is 0 Å². The lowest BCUT2D eigenvalue weighted by molar-refractivity contribution is 1.52.